The Morgan fingerprint density at radius 1 is 0.750 bits per heavy atom. The van der Waals surface area contributed by atoms with Gasteiger partial charge in [-0.05, 0) is 85.0 Å². The number of alkyl carbamates (subject to hydrolysis) is 1. The number of hydrogen-bond donors (Lipinski definition) is 3. The first-order valence-electron chi connectivity index (χ1n) is 20.3. The first-order valence-corrected chi connectivity index (χ1v) is 20.3. The van der Waals surface area contributed by atoms with Crippen LogP contribution in [0.3, 0.4) is 0 Å². The summed E-state index contributed by atoms with van der Waals surface area (Å²) in [6.07, 6.45) is 9.59. The van der Waals surface area contributed by atoms with Crippen LogP contribution in [0, 0.1) is 0 Å². The summed E-state index contributed by atoms with van der Waals surface area (Å²) in [7, 11) is 2.68. The average molecular weight is 809 g/mol. The molecule has 4 atom stereocenters. The number of H-pyrrole nitrogens is 2. The number of nitrogens with zero attached hydrogens (tertiary/aromatic N) is 5. The van der Waals surface area contributed by atoms with E-state index in [-0.39, 0.29) is 23.9 Å². The van der Waals surface area contributed by atoms with E-state index >= 15 is 0 Å². The monoisotopic (exact) mass is 808 g/mol. The van der Waals surface area contributed by atoms with E-state index in [1.165, 1.54) is 20.6 Å². The molecular formula is C46H48N8O6. The third-order valence-corrected chi connectivity index (χ3v) is 11.2. The number of rotatable bonds is 14. The molecule has 2 fully saturated rings. The minimum Gasteiger partial charge on any atom is -0.453 e. The highest BCUT2D eigenvalue weighted by Crippen LogP contribution is 2.36. The lowest BCUT2D eigenvalue weighted by atomic mass is 10.1. The van der Waals surface area contributed by atoms with E-state index in [4.69, 9.17) is 19.6 Å². The fraction of sp³-hybridized carbons (Fsp3) is 0.304. The van der Waals surface area contributed by atoms with Gasteiger partial charge in [-0.2, -0.15) is 4.89 Å². The van der Waals surface area contributed by atoms with Gasteiger partial charge in [0.05, 0.1) is 48.4 Å². The number of amides is 3. The molecule has 2 aromatic heterocycles. The third-order valence-electron chi connectivity index (χ3n) is 11.2. The smallest absolute Gasteiger partial charge is 0.407 e. The predicted molar refractivity (Wildman–Crippen MR) is 227 cm³/mol. The number of aliphatic imine (C=N–C) groups is 1. The van der Waals surface area contributed by atoms with Gasteiger partial charge in [-0.15, -0.1) is 0 Å². The van der Waals surface area contributed by atoms with Gasteiger partial charge in [-0.25, -0.2) is 19.8 Å². The van der Waals surface area contributed by atoms with Crippen molar-refractivity contribution in [2.24, 2.45) is 4.99 Å². The molecule has 308 valence electrons. The second kappa shape index (κ2) is 18.4. The Labute approximate surface area is 347 Å². The topological polar surface area (TPSA) is 167 Å². The zero-order valence-corrected chi connectivity index (χ0v) is 33.6. The van der Waals surface area contributed by atoms with Crippen LogP contribution in [0.2, 0.25) is 0 Å². The number of ether oxygens (including phenoxy) is 1. The fourth-order valence-corrected chi connectivity index (χ4v) is 8.28. The molecule has 0 spiro atoms. The summed E-state index contributed by atoms with van der Waals surface area (Å²) in [6.45, 7) is 1.18. The molecule has 8 rings (SSSR count). The molecule has 2 saturated heterocycles. The number of aromatic amines is 2. The van der Waals surface area contributed by atoms with Gasteiger partial charge < -0.3 is 34.7 Å². The number of allylic oxidation sites excluding steroid dienone is 2. The molecule has 14 heteroatoms. The maximum atomic E-state index is 13.9. The highest BCUT2D eigenvalue weighted by molar-refractivity contribution is 5.88. The van der Waals surface area contributed by atoms with Gasteiger partial charge in [0.1, 0.15) is 17.7 Å². The van der Waals surface area contributed by atoms with Gasteiger partial charge in [0.25, 0.3) is 11.8 Å². The second-order valence-electron chi connectivity index (χ2n) is 15.0. The summed E-state index contributed by atoms with van der Waals surface area (Å²) in [5.74, 6) is 1.18. The number of aromatic nitrogens is 4. The van der Waals surface area contributed by atoms with E-state index in [1.54, 1.807) is 4.90 Å². The molecule has 6 aromatic rings. The van der Waals surface area contributed by atoms with Crippen molar-refractivity contribution in [1.29, 1.82) is 0 Å². The van der Waals surface area contributed by atoms with Crippen LogP contribution in [-0.4, -0.2) is 81.4 Å². The number of hydrogen-bond acceptors (Lipinski definition) is 9. The van der Waals surface area contributed by atoms with E-state index in [0.717, 1.165) is 88.9 Å². The number of imidazole rings is 2. The molecular weight excluding hydrogens is 761 g/mol. The van der Waals surface area contributed by atoms with Crippen molar-refractivity contribution in [3.05, 3.63) is 143 Å². The Hall–Kier alpha value is -6.80. The van der Waals surface area contributed by atoms with Crippen molar-refractivity contribution >= 4 is 46.4 Å². The van der Waals surface area contributed by atoms with Crippen LogP contribution in [0.4, 0.5) is 4.79 Å². The highest BCUT2D eigenvalue weighted by atomic mass is 17.2. The molecule has 0 radical (unpaired) electrons. The highest BCUT2D eigenvalue weighted by Gasteiger charge is 2.38. The molecule has 4 aromatic carbocycles. The fourth-order valence-electron chi connectivity index (χ4n) is 8.28. The predicted octanol–water partition coefficient (Wildman–Crippen LogP) is 7.55. The third kappa shape index (κ3) is 8.78. The molecule has 1 unspecified atom stereocenters. The SMILES string of the molecule is COOC=NC(C(=O)N1CCC[C@H]1c1nc2ccc(CC=CCc3ccc4nc([C@@H]5CCCN5C(=O)[C@H](NC(=O)OC)c5ccccc5)[nH]c4c3)cc2[nH]1)c1ccccc1. The maximum Gasteiger partial charge on any atom is 0.407 e. The molecule has 0 saturated carbocycles. The van der Waals surface area contributed by atoms with E-state index in [9.17, 15) is 14.4 Å². The Bertz CT molecular complexity index is 2500. The van der Waals surface area contributed by atoms with Crippen molar-refractivity contribution in [2.75, 3.05) is 27.3 Å². The largest absolute Gasteiger partial charge is 0.453 e. The molecule has 14 nitrogen and oxygen atoms in total. The molecule has 0 aliphatic carbocycles. The molecule has 3 N–H and O–H groups in total. The molecule has 2 aliphatic rings. The number of fused-ring (bicyclic) bond motifs is 2. The molecule has 2 aliphatic heterocycles. The summed E-state index contributed by atoms with van der Waals surface area (Å²) in [6, 6.07) is 29.0. The minimum atomic E-state index is -0.872. The lowest BCUT2D eigenvalue weighted by Crippen LogP contribution is -2.42. The summed E-state index contributed by atoms with van der Waals surface area (Å²) in [5.41, 5.74) is 7.27. The van der Waals surface area contributed by atoms with Crippen LogP contribution >= 0.6 is 0 Å². The van der Waals surface area contributed by atoms with Gasteiger partial charge in [-0.1, -0.05) is 84.9 Å². The van der Waals surface area contributed by atoms with E-state index in [2.05, 4.69) is 61.6 Å². The van der Waals surface area contributed by atoms with Crippen LogP contribution < -0.4 is 5.32 Å². The van der Waals surface area contributed by atoms with Gasteiger partial charge >= 0.3 is 6.09 Å². The van der Waals surface area contributed by atoms with Crippen LogP contribution in [-0.2, 0) is 36.9 Å². The van der Waals surface area contributed by atoms with Gasteiger partial charge in [0, 0.05) is 13.1 Å². The Balaban J connectivity index is 0.908. The maximum absolute atomic E-state index is 13.9. The Morgan fingerprint density at radius 3 is 1.82 bits per heavy atom. The quantitative estimate of drug-likeness (QED) is 0.0334. The van der Waals surface area contributed by atoms with Crippen LogP contribution in [0.25, 0.3) is 22.1 Å². The molecule has 0 bridgehead atoms. The van der Waals surface area contributed by atoms with Crippen LogP contribution in [0.15, 0.2) is 114 Å². The van der Waals surface area contributed by atoms with Gasteiger partial charge in [-0.3, -0.25) is 9.59 Å². The first kappa shape index (κ1) is 40.0. The first-order chi connectivity index (χ1) is 29.4. The van der Waals surface area contributed by atoms with Gasteiger partial charge in [0.15, 0.2) is 6.04 Å². The number of methoxy groups -OCH3 is 1. The van der Waals surface area contributed by atoms with Crippen molar-refractivity contribution < 1.29 is 28.9 Å². The number of benzene rings is 4. The van der Waals surface area contributed by atoms with E-state index in [1.807, 2.05) is 77.7 Å². The number of carbonyl (C=O) groups is 3. The van der Waals surface area contributed by atoms with Crippen molar-refractivity contribution in [2.45, 2.75) is 62.7 Å². The van der Waals surface area contributed by atoms with Crippen molar-refractivity contribution in [1.82, 2.24) is 35.1 Å². The zero-order chi connectivity index (χ0) is 41.4. The van der Waals surface area contributed by atoms with Crippen molar-refractivity contribution in [3.63, 3.8) is 0 Å². The Morgan fingerprint density at radius 2 is 1.28 bits per heavy atom. The van der Waals surface area contributed by atoms with Crippen LogP contribution in [0.5, 0.6) is 0 Å². The summed E-state index contributed by atoms with van der Waals surface area (Å²) in [4.78, 5) is 74.5. The lowest BCUT2D eigenvalue weighted by molar-refractivity contribution is -0.188. The molecule has 3 amide bonds. The summed E-state index contributed by atoms with van der Waals surface area (Å²) < 4.78 is 4.84. The van der Waals surface area contributed by atoms with E-state index < -0.39 is 18.2 Å². The minimum absolute atomic E-state index is 0.117. The van der Waals surface area contributed by atoms with E-state index in [0.29, 0.717) is 18.7 Å². The van der Waals surface area contributed by atoms with Gasteiger partial charge in [0.2, 0.25) is 6.40 Å². The van der Waals surface area contributed by atoms with Crippen molar-refractivity contribution in [3.8, 4) is 0 Å². The lowest BCUT2D eigenvalue weighted by Gasteiger charge is -2.28. The number of nitrogens with one attached hydrogen (secondary N) is 3. The number of carbonyl (C=O) groups excluding carboxylic acids is 3. The Kier molecular flexibility index (Phi) is 12.3. The summed E-state index contributed by atoms with van der Waals surface area (Å²) >= 11 is 0. The standard InChI is InChI=1S/C46H48N8O6/c1-58-46(57)52-41(33-17-7-4-8-18-33)45(56)54-26-12-20-39(54)43-49-35-24-22-31(28-37(35)51-43)14-10-9-13-30-21-23-34-36(27-30)50-42(48-34)38-19-11-25-53(38)44(55)40(47-29-60-59-2)32-15-5-3-6-16-32/h3-10,15-18,21-24,27-29,38-41H,11-14,19-20,25-26H2,1-2H3,(H,48,50)(H,49,51)(H,52,57)/t38-,39-,40?,41+/m0/s1. The van der Waals surface area contributed by atoms with Crippen LogP contribution in [0.1, 0.15) is 83.8 Å². The normalized spacial score (nSPS) is 17.8. The molecule has 60 heavy (non-hydrogen) atoms. The zero-order valence-electron chi connectivity index (χ0n) is 33.6. The average Bonchev–Trinajstić information content (AvgIpc) is 4.12. The summed E-state index contributed by atoms with van der Waals surface area (Å²) in [5, 5.41) is 2.72. The molecule has 4 heterocycles. The number of likely N-dealkylation sites (tertiary alicyclic amines) is 2. The second-order valence-corrected chi connectivity index (χ2v) is 15.0.